The van der Waals surface area contributed by atoms with Crippen LogP contribution in [0.15, 0.2) is 18.2 Å². The average molecular weight is 295 g/mol. The van der Waals surface area contributed by atoms with Gasteiger partial charge in [-0.05, 0) is 26.0 Å². The Hall–Kier alpha value is -2.44. The molecule has 1 aromatic rings. The summed E-state index contributed by atoms with van der Waals surface area (Å²) in [5, 5.41) is 7.72. The predicted octanol–water partition coefficient (Wildman–Crippen LogP) is 1.35. The number of imide groups is 1. The number of benzene rings is 1. The molecule has 0 aromatic heterocycles. The Morgan fingerprint density at radius 2 is 1.95 bits per heavy atom. The smallest absolute Gasteiger partial charge is 0.321 e. The SMILES string of the molecule is CCNC(=O)NC(=O)C(C)Nc1cc(OC)ccc1OC. The van der Waals surface area contributed by atoms with Crippen molar-refractivity contribution in [3.05, 3.63) is 18.2 Å². The monoisotopic (exact) mass is 295 g/mol. The van der Waals surface area contributed by atoms with Crippen LogP contribution < -0.4 is 25.4 Å². The highest BCUT2D eigenvalue weighted by Gasteiger charge is 2.17. The first kappa shape index (κ1) is 16.6. The lowest BCUT2D eigenvalue weighted by Gasteiger charge is -2.17. The lowest BCUT2D eigenvalue weighted by molar-refractivity contribution is -0.120. The fourth-order valence-electron chi connectivity index (χ4n) is 1.65. The first-order chi connectivity index (χ1) is 10.0. The maximum absolute atomic E-state index is 11.9. The fraction of sp³-hybridized carbons (Fsp3) is 0.429. The molecule has 1 atom stereocenters. The second kappa shape index (κ2) is 7.98. The molecule has 0 heterocycles. The molecule has 1 aromatic carbocycles. The Morgan fingerprint density at radius 1 is 1.24 bits per heavy atom. The minimum atomic E-state index is -0.617. The molecule has 0 fully saturated rings. The molecule has 3 amide bonds. The first-order valence-corrected chi connectivity index (χ1v) is 6.59. The minimum Gasteiger partial charge on any atom is -0.497 e. The average Bonchev–Trinajstić information content (AvgIpc) is 2.47. The summed E-state index contributed by atoms with van der Waals surface area (Å²) in [6.45, 7) is 3.87. The molecule has 0 radical (unpaired) electrons. The van der Waals surface area contributed by atoms with Crippen molar-refractivity contribution in [2.75, 3.05) is 26.1 Å². The van der Waals surface area contributed by atoms with Crippen LogP contribution in [0.2, 0.25) is 0 Å². The number of urea groups is 1. The highest BCUT2D eigenvalue weighted by atomic mass is 16.5. The number of hydrogen-bond acceptors (Lipinski definition) is 5. The molecule has 7 nitrogen and oxygen atoms in total. The Balaban J connectivity index is 2.75. The van der Waals surface area contributed by atoms with Crippen LogP contribution in [0, 0.1) is 0 Å². The highest BCUT2D eigenvalue weighted by molar-refractivity contribution is 5.98. The summed E-state index contributed by atoms with van der Waals surface area (Å²) in [4.78, 5) is 23.2. The van der Waals surface area contributed by atoms with E-state index in [-0.39, 0.29) is 0 Å². The van der Waals surface area contributed by atoms with Crippen molar-refractivity contribution in [3.8, 4) is 11.5 Å². The van der Waals surface area contributed by atoms with Gasteiger partial charge in [0.2, 0.25) is 5.91 Å². The Bertz CT molecular complexity index is 505. The highest BCUT2D eigenvalue weighted by Crippen LogP contribution is 2.29. The number of hydrogen-bond donors (Lipinski definition) is 3. The van der Waals surface area contributed by atoms with E-state index in [0.717, 1.165) is 0 Å². The number of carbonyl (C=O) groups excluding carboxylic acids is 2. The summed E-state index contributed by atoms with van der Waals surface area (Å²) < 4.78 is 10.3. The van der Waals surface area contributed by atoms with E-state index in [4.69, 9.17) is 9.47 Å². The zero-order valence-corrected chi connectivity index (χ0v) is 12.6. The number of rotatable bonds is 6. The second-order valence-corrected chi connectivity index (χ2v) is 4.28. The molecule has 0 aliphatic heterocycles. The fourth-order valence-corrected chi connectivity index (χ4v) is 1.65. The van der Waals surface area contributed by atoms with Gasteiger partial charge in [0.25, 0.3) is 0 Å². The van der Waals surface area contributed by atoms with E-state index in [1.54, 1.807) is 39.2 Å². The molecule has 7 heteroatoms. The van der Waals surface area contributed by atoms with Crippen LogP contribution in [0.3, 0.4) is 0 Å². The quantitative estimate of drug-likeness (QED) is 0.737. The Morgan fingerprint density at radius 3 is 2.52 bits per heavy atom. The maximum atomic E-state index is 11.9. The molecule has 0 bridgehead atoms. The van der Waals surface area contributed by atoms with Crippen molar-refractivity contribution >= 4 is 17.6 Å². The van der Waals surface area contributed by atoms with Crippen LogP contribution in [0.4, 0.5) is 10.5 Å². The number of nitrogens with one attached hydrogen (secondary N) is 3. The van der Waals surface area contributed by atoms with Gasteiger partial charge in [0, 0.05) is 12.6 Å². The van der Waals surface area contributed by atoms with E-state index < -0.39 is 18.0 Å². The van der Waals surface area contributed by atoms with Gasteiger partial charge in [0.05, 0.1) is 19.9 Å². The van der Waals surface area contributed by atoms with Crippen molar-refractivity contribution in [3.63, 3.8) is 0 Å². The number of carbonyl (C=O) groups is 2. The number of amides is 3. The van der Waals surface area contributed by atoms with E-state index in [1.807, 2.05) is 0 Å². The van der Waals surface area contributed by atoms with Crippen LogP contribution >= 0.6 is 0 Å². The molecule has 0 spiro atoms. The van der Waals surface area contributed by atoms with Crippen LogP contribution in [0.25, 0.3) is 0 Å². The van der Waals surface area contributed by atoms with Crippen LogP contribution in [0.1, 0.15) is 13.8 Å². The zero-order valence-electron chi connectivity index (χ0n) is 12.6. The van der Waals surface area contributed by atoms with Gasteiger partial charge >= 0.3 is 6.03 Å². The Labute approximate surface area is 124 Å². The third-order valence-corrected chi connectivity index (χ3v) is 2.75. The summed E-state index contributed by atoms with van der Waals surface area (Å²) in [7, 11) is 3.09. The molecule has 21 heavy (non-hydrogen) atoms. The van der Waals surface area contributed by atoms with Crippen LogP contribution in [-0.2, 0) is 4.79 Å². The summed E-state index contributed by atoms with van der Waals surface area (Å²) in [6, 6.07) is 4.07. The summed E-state index contributed by atoms with van der Waals surface area (Å²) in [5.74, 6) is 0.772. The first-order valence-electron chi connectivity index (χ1n) is 6.59. The number of ether oxygens (including phenoxy) is 2. The van der Waals surface area contributed by atoms with E-state index in [0.29, 0.717) is 23.7 Å². The normalized spacial score (nSPS) is 11.2. The topological polar surface area (TPSA) is 88.7 Å². The van der Waals surface area contributed by atoms with Crippen molar-refractivity contribution in [1.82, 2.24) is 10.6 Å². The lowest BCUT2D eigenvalue weighted by atomic mass is 10.2. The van der Waals surface area contributed by atoms with Crippen molar-refractivity contribution in [2.24, 2.45) is 0 Å². The molecular weight excluding hydrogens is 274 g/mol. The summed E-state index contributed by atoms with van der Waals surface area (Å²) >= 11 is 0. The van der Waals surface area contributed by atoms with Gasteiger partial charge in [-0.3, -0.25) is 10.1 Å². The van der Waals surface area contributed by atoms with E-state index in [1.165, 1.54) is 7.11 Å². The maximum Gasteiger partial charge on any atom is 0.321 e. The van der Waals surface area contributed by atoms with E-state index in [9.17, 15) is 9.59 Å². The predicted molar refractivity (Wildman–Crippen MR) is 79.8 cm³/mol. The molecule has 116 valence electrons. The van der Waals surface area contributed by atoms with Crippen LogP contribution in [-0.4, -0.2) is 38.7 Å². The standard InChI is InChI=1S/C14H21N3O4/c1-5-15-14(19)17-13(18)9(2)16-11-8-10(20-3)6-7-12(11)21-4/h6-9,16H,5H2,1-4H3,(H2,15,17,18,19). The molecular formula is C14H21N3O4. The van der Waals surface area contributed by atoms with E-state index >= 15 is 0 Å². The largest absolute Gasteiger partial charge is 0.497 e. The van der Waals surface area contributed by atoms with Gasteiger partial charge in [0.15, 0.2) is 0 Å². The molecule has 1 unspecified atom stereocenters. The van der Waals surface area contributed by atoms with Crippen LogP contribution in [0.5, 0.6) is 11.5 Å². The summed E-state index contributed by atoms with van der Waals surface area (Å²) in [5.41, 5.74) is 0.607. The van der Waals surface area contributed by atoms with Crippen molar-refractivity contribution in [2.45, 2.75) is 19.9 Å². The Kier molecular flexibility index (Phi) is 6.32. The summed E-state index contributed by atoms with van der Waals surface area (Å²) in [6.07, 6.45) is 0. The van der Waals surface area contributed by atoms with Crippen molar-refractivity contribution < 1.29 is 19.1 Å². The second-order valence-electron chi connectivity index (χ2n) is 4.28. The van der Waals surface area contributed by atoms with Gasteiger partial charge < -0.3 is 20.1 Å². The molecule has 0 saturated carbocycles. The van der Waals surface area contributed by atoms with Gasteiger partial charge in [0.1, 0.15) is 17.5 Å². The van der Waals surface area contributed by atoms with Crippen molar-refractivity contribution in [1.29, 1.82) is 0 Å². The number of methoxy groups -OCH3 is 2. The lowest BCUT2D eigenvalue weighted by Crippen LogP contribution is -2.45. The van der Waals surface area contributed by atoms with Gasteiger partial charge in [-0.1, -0.05) is 0 Å². The molecule has 0 saturated heterocycles. The third kappa shape index (κ3) is 4.87. The van der Waals surface area contributed by atoms with E-state index in [2.05, 4.69) is 16.0 Å². The third-order valence-electron chi connectivity index (χ3n) is 2.75. The van der Waals surface area contributed by atoms with Gasteiger partial charge in [-0.25, -0.2) is 4.79 Å². The minimum absolute atomic E-state index is 0.439. The molecule has 3 N–H and O–H groups in total. The molecule has 0 aliphatic carbocycles. The zero-order chi connectivity index (χ0) is 15.8. The van der Waals surface area contributed by atoms with Gasteiger partial charge in [-0.2, -0.15) is 0 Å². The molecule has 0 aliphatic rings. The molecule has 1 rings (SSSR count). The number of anilines is 1. The van der Waals surface area contributed by atoms with Gasteiger partial charge in [-0.15, -0.1) is 0 Å².